The SMILES string of the molecule is CC(C)C(=O)CCc1ccsc1CO[Si](C)(C)C(C)(C)C. The normalized spacial score (nSPS) is 13.0. The molecule has 0 N–H and O–H groups in total. The van der Waals surface area contributed by atoms with Gasteiger partial charge in [0.2, 0.25) is 0 Å². The van der Waals surface area contributed by atoms with E-state index in [1.54, 1.807) is 11.3 Å². The van der Waals surface area contributed by atoms with Gasteiger partial charge >= 0.3 is 0 Å². The Morgan fingerprint density at radius 3 is 2.48 bits per heavy atom. The molecular formula is C17H30O2SSi. The Balaban J connectivity index is 2.62. The van der Waals surface area contributed by atoms with Gasteiger partial charge in [0.15, 0.2) is 8.32 Å². The minimum Gasteiger partial charge on any atom is -0.412 e. The second-order valence-electron chi connectivity index (χ2n) is 7.54. The fourth-order valence-corrected chi connectivity index (χ4v) is 3.61. The van der Waals surface area contributed by atoms with E-state index in [9.17, 15) is 4.79 Å². The standard InChI is InChI=1S/C17H30O2SSi/c1-13(2)15(18)9-8-14-10-11-20-16(14)12-19-21(6,7)17(3,4)5/h10-11,13H,8-9,12H2,1-7H3. The molecule has 1 aromatic heterocycles. The van der Waals surface area contributed by atoms with Gasteiger partial charge < -0.3 is 4.43 Å². The Labute approximate surface area is 135 Å². The van der Waals surface area contributed by atoms with Crippen LogP contribution >= 0.6 is 11.3 Å². The van der Waals surface area contributed by atoms with E-state index in [2.05, 4.69) is 45.3 Å². The van der Waals surface area contributed by atoms with Crippen LogP contribution in [0, 0.1) is 5.92 Å². The maximum Gasteiger partial charge on any atom is 0.192 e. The van der Waals surface area contributed by atoms with E-state index in [0.29, 0.717) is 18.8 Å². The summed E-state index contributed by atoms with van der Waals surface area (Å²) in [5.74, 6) is 0.480. The summed E-state index contributed by atoms with van der Waals surface area (Å²) in [6.07, 6.45) is 1.48. The van der Waals surface area contributed by atoms with Gasteiger partial charge in [0.05, 0.1) is 6.61 Å². The summed E-state index contributed by atoms with van der Waals surface area (Å²) in [4.78, 5) is 13.1. The fraction of sp³-hybridized carbons (Fsp3) is 0.706. The summed E-state index contributed by atoms with van der Waals surface area (Å²) in [5.41, 5.74) is 1.28. The highest BCUT2D eigenvalue weighted by Gasteiger charge is 2.37. The Hall–Kier alpha value is -0.453. The molecule has 0 amide bonds. The zero-order valence-corrected chi connectivity index (χ0v) is 16.4. The molecule has 0 bridgehead atoms. The van der Waals surface area contributed by atoms with Crippen molar-refractivity contribution in [3.63, 3.8) is 0 Å². The van der Waals surface area contributed by atoms with Crippen LogP contribution in [0.1, 0.15) is 51.5 Å². The average Bonchev–Trinajstić information content (AvgIpc) is 2.79. The van der Waals surface area contributed by atoms with Crippen molar-refractivity contribution in [2.24, 2.45) is 5.92 Å². The van der Waals surface area contributed by atoms with Crippen LogP contribution in [-0.2, 0) is 22.2 Å². The third-order valence-electron chi connectivity index (χ3n) is 4.49. The maximum absolute atomic E-state index is 11.8. The van der Waals surface area contributed by atoms with Crippen LogP contribution in [0.2, 0.25) is 18.1 Å². The Kier molecular flexibility index (Phi) is 6.38. The monoisotopic (exact) mass is 326 g/mol. The lowest BCUT2D eigenvalue weighted by atomic mass is 10.0. The number of rotatable bonds is 7. The molecule has 0 spiro atoms. The molecule has 2 nitrogen and oxygen atoms in total. The number of aryl methyl sites for hydroxylation is 1. The third kappa shape index (κ3) is 5.35. The summed E-state index contributed by atoms with van der Waals surface area (Å²) in [6.45, 7) is 16.0. The highest BCUT2D eigenvalue weighted by atomic mass is 32.1. The molecule has 1 aromatic rings. The number of carbonyl (C=O) groups excluding carboxylic acids is 1. The summed E-state index contributed by atoms with van der Waals surface area (Å²) >= 11 is 1.75. The number of hydrogen-bond acceptors (Lipinski definition) is 3. The summed E-state index contributed by atoms with van der Waals surface area (Å²) in [7, 11) is -1.71. The van der Waals surface area contributed by atoms with E-state index >= 15 is 0 Å². The van der Waals surface area contributed by atoms with Crippen LogP contribution in [0.5, 0.6) is 0 Å². The van der Waals surface area contributed by atoms with Crippen molar-refractivity contribution in [1.82, 2.24) is 0 Å². The van der Waals surface area contributed by atoms with Crippen LogP contribution < -0.4 is 0 Å². The van der Waals surface area contributed by atoms with Crippen LogP contribution in [0.4, 0.5) is 0 Å². The quantitative estimate of drug-likeness (QED) is 0.625. The molecule has 0 aromatic carbocycles. The predicted molar refractivity (Wildman–Crippen MR) is 94.5 cm³/mol. The van der Waals surface area contributed by atoms with Gasteiger partial charge in [0.1, 0.15) is 5.78 Å². The minimum atomic E-state index is -1.71. The number of carbonyl (C=O) groups is 1. The highest BCUT2D eigenvalue weighted by molar-refractivity contribution is 7.10. The largest absolute Gasteiger partial charge is 0.412 e. The van der Waals surface area contributed by atoms with E-state index in [1.807, 2.05) is 13.8 Å². The second kappa shape index (κ2) is 7.21. The van der Waals surface area contributed by atoms with Crippen molar-refractivity contribution in [3.8, 4) is 0 Å². The van der Waals surface area contributed by atoms with Gasteiger partial charge in [-0.25, -0.2) is 0 Å². The van der Waals surface area contributed by atoms with Crippen molar-refractivity contribution in [3.05, 3.63) is 21.9 Å². The molecule has 0 atom stereocenters. The van der Waals surface area contributed by atoms with Crippen LogP contribution in [-0.4, -0.2) is 14.1 Å². The van der Waals surface area contributed by atoms with Gasteiger partial charge in [-0.3, -0.25) is 4.79 Å². The third-order valence-corrected chi connectivity index (χ3v) is 9.91. The molecule has 0 saturated carbocycles. The lowest BCUT2D eigenvalue weighted by Gasteiger charge is -2.36. The maximum atomic E-state index is 11.8. The first-order chi connectivity index (χ1) is 9.54. The minimum absolute atomic E-state index is 0.135. The lowest BCUT2D eigenvalue weighted by molar-refractivity contribution is -0.121. The molecule has 0 radical (unpaired) electrons. The second-order valence-corrected chi connectivity index (χ2v) is 13.3. The van der Waals surface area contributed by atoms with Crippen molar-refractivity contribution in [2.75, 3.05) is 0 Å². The molecule has 0 aliphatic carbocycles. The van der Waals surface area contributed by atoms with Crippen molar-refractivity contribution in [2.45, 2.75) is 72.2 Å². The first-order valence-corrected chi connectivity index (χ1v) is 11.6. The summed E-state index contributed by atoms with van der Waals surface area (Å²) < 4.78 is 6.30. The predicted octanol–water partition coefficient (Wildman–Crippen LogP) is 5.43. The molecule has 0 unspecified atom stereocenters. The molecule has 0 fully saturated rings. The molecule has 120 valence electrons. The van der Waals surface area contributed by atoms with E-state index < -0.39 is 8.32 Å². The van der Waals surface area contributed by atoms with Gasteiger partial charge in [-0.15, -0.1) is 11.3 Å². The van der Waals surface area contributed by atoms with E-state index in [-0.39, 0.29) is 11.0 Å². The number of thiophene rings is 1. The molecule has 0 saturated heterocycles. The zero-order chi connectivity index (χ0) is 16.3. The zero-order valence-electron chi connectivity index (χ0n) is 14.6. The van der Waals surface area contributed by atoms with Crippen LogP contribution in [0.15, 0.2) is 11.4 Å². The Morgan fingerprint density at radius 2 is 1.95 bits per heavy atom. The average molecular weight is 327 g/mol. The number of ketones is 1. The van der Waals surface area contributed by atoms with E-state index in [4.69, 9.17) is 4.43 Å². The summed E-state index contributed by atoms with van der Waals surface area (Å²) in [5, 5.41) is 2.34. The van der Waals surface area contributed by atoms with E-state index in [0.717, 1.165) is 6.42 Å². The van der Waals surface area contributed by atoms with E-state index in [1.165, 1.54) is 10.4 Å². The van der Waals surface area contributed by atoms with Gasteiger partial charge in [0.25, 0.3) is 0 Å². The Morgan fingerprint density at radius 1 is 1.33 bits per heavy atom. The van der Waals surface area contributed by atoms with Crippen LogP contribution in [0.25, 0.3) is 0 Å². The molecule has 21 heavy (non-hydrogen) atoms. The molecule has 1 rings (SSSR count). The van der Waals surface area contributed by atoms with Crippen LogP contribution in [0.3, 0.4) is 0 Å². The number of Topliss-reactive ketones (excluding diaryl/α,β-unsaturated/α-hetero) is 1. The lowest BCUT2D eigenvalue weighted by Crippen LogP contribution is -2.40. The van der Waals surface area contributed by atoms with Crippen molar-refractivity contribution >= 4 is 25.4 Å². The first-order valence-electron chi connectivity index (χ1n) is 7.76. The molecule has 4 heteroatoms. The van der Waals surface area contributed by atoms with Crippen molar-refractivity contribution < 1.29 is 9.22 Å². The Bertz CT molecular complexity index is 469. The van der Waals surface area contributed by atoms with Crippen molar-refractivity contribution in [1.29, 1.82) is 0 Å². The topological polar surface area (TPSA) is 26.3 Å². The van der Waals surface area contributed by atoms with Gasteiger partial charge in [-0.1, -0.05) is 34.6 Å². The smallest absolute Gasteiger partial charge is 0.192 e. The molecule has 0 aliphatic heterocycles. The molecule has 1 heterocycles. The van der Waals surface area contributed by atoms with Gasteiger partial charge in [0, 0.05) is 17.2 Å². The number of hydrogen-bond donors (Lipinski definition) is 0. The van der Waals surface area contributed by atoms with Gasteiger partial charge in [-0.05, 0) is 41.6 Å². The fourth-order valence-electron chi connectivity index (χ4n) is 1.73. The highest BCUT2D eigenvalue weighted by Crippen LogP contribution is 2.37. The molecular weight excluding hydrogens is 296 g/mol. The van der Waals surface area contributed by atoms with Gasteiger partial charge in [-0.2, -0.15) is 0 Å². The summed E-state index contributed by atoms with van der Waals surface area (Å²) in [6, 6.07) is 2.14. The molecule has 0 aliphatic rings. The first kappa shape index (κ1) is 18.6.